The SMILES string of the molecule is C=CC(O)CC(=C)O. The van der Waals surface area contributed by atoms with Gasteiger partial charge in [0.15, 0.2) is 0 Å². The first-order valence-electron chi connectivity index (χ1n) is 2.34. The van der Waals surface area contributed by atoms with Crippen molar-refractivity contribution in [3.05, 3.63) is 25.0 Å². The van der Waals surface area contributed by atoms with Gasteiger partial charge in [0.2, 0.25) is 0 Å². The second-order valence-corrected chi connectivity index (χ2v) is 1.57. The van der Waals surface area contributed by atoms with Crippen molar-refractivity contribution in [2.75, 3.05) is 0 Å². The first-order chi connectivity index (χ1) is 3.66. The summed E-state index contributed by atoms with van der Waals surface area (Å²) in [5.74, 6) is -0.0163. The van der Waals surface area contributed by atoms with Crippen molar-refractivity contribution in [3.8, 4) is 0 Å². The van der Waals surface area contributed by atoms with Gasteiger partial charge in [-0.25, -0.2) is 0 Å². The molecule has 1 atom stereocenters. The van der Waals surface area contributed by atoms with Crippen molar-refractivity contribution in [2.45, 2.75) is 12.5 Å². The van der Waals surface area contributed by atoms with Gasteiger partial charge in [-0.2, -0.15) is 0 Å². The van der Waals surface area contributed by atoms with Crippen molar-refractivity contribution >= 4 is 0 Å². The van der Waals surface area contributed by atoms with Crippen LogP contribution in [0.1, 0.15) is 6.42 Å². The largest absolute Gasteiger partial charge is 0.513 e. The van der Waals surface area contributed by atoms with E-state index < -0.39 is 6.10 Å². The normalized spacial score (nSPS) is 12.6. The van der Waals surface area contributed by atoms with Gasteiger partial charge >= 0.3 is 0 Å². The summed E-state index contributed by atoms with van der Waals surface area (Å²) in [5.41, 5.74) is 0. The van der Waals surface area contributed by atoms with E-state index in [1.165, 1.54) is 6.08 Å². The molecule has 0 aliphatic carbocycles. The molecule has 2 heteroatoms. The van der Waals surface area contributed by atoms with Gasteiger partial charge in [-0.3, -0.25) is 0 Å². The van der Waals surface area contributed by atoms with E-state index in [9.17, 15) is 0 Å². The van der Waals surface area contributed by atoms with E-state index in [2.05, 4.69) is 13.2 Å². The molecule has 0 amide bonds. The summed E-state index contributed by atoms with van der Waals surface area (Å²) in [7, 11) is 0. The van der Waals surface area contributed by atoms with Gasteiger partial charge in [0.1, 0.15) is 0 Å². The standard InChI is InChI=1S/C6H10O2/c1-3-6(8)4-5(2)7/h3,6-8H,1-2,4H2. The minimum atomic E-state index is -0.660. The quantitative estimate of drug-likeness (QED) is 0.424. The average molecular weight is 114 g/mol. The first-order valence-corrected chi connectivity index (χ1v) is 2.34. The minimum absolute atomic E-state index is 0.0163. The molecule has 0 aliphatic rings. The van der Waals surface area contributed by atoms with Crippen LogP contribution in [0.2, 0.25) is 0 Å². The van der Waals surface area contributed by atoms with Crippen LogP contribution in [-0.2, 0) is 0 Å². The van der Waals surface area contributed by atoms with E-state index in [4.69, 9.17) is 10.2 Å². The Morgan fingerprint density at radius 2 is 2.25 bits per heavy atom. The molecule has 0 radical (unpaired) electrons. The van der Waals surface area contributed by atoms with Gasteiger partial charge in [-0.05, 0) is 0 Å². The maximum absolute atomic E-state index is 8.69. The van der Waals surface area contributed by atoms with Crippen LogP contribution in [0, 0.1) is 0 Å². The molecule has 8 heavy (non-hydrogen) atoms. The molecule has 0 bridgehead atoms. The van der Waals surface area contributed by atoms with Crippen LogP contribution in [0.4, 0.5) is 0 Å². The van der Waals surface area contributed by atoms with Crippen LogP contribution < -0.4 is 0 Å². The number of hydrogen-bond donors (Lipinski definition) is 2. The average Bonchev–Trinajstić information content (AvgIpc) is 1.65. The Balaban J connectivity index is 3.38. The Morgan fingerprint density at radius 1 is 1.75 bits per heavy atom. The molecular weight excluding hydrogens is 104 g/mol. The maximum Gasteiger partial charge on any atom is 0.0880 e. The molecule has 0 aromatic rings. The lowest BCUT2D eigenvalue weighted by Crippen LogP contribution is -2.01. The van der Waals surface area contributed by atoms with Crippen molar-refractivity contribution in [1.82, 2.24) is 0 Å². The van der Waals surface area contributed by atoms with Gasteiger partial charge in [-0.15, -0.1) is 6.58 Å². The molecule has 0 rings (SSSR count). The van der Waals surface area contributed by atoms with Crippen molar-refractivity contribution in [2.24, 2.45) is 0 Å². The van der Waals surface area contributed by atoms with Gasteiger partial charge in [-0.1, -0.05) is 12.7 Å². The Bertz CT molecular complexity index is 96.7. The summed E-state index contributed by atoms with van der Waals surface area (Å²) >= 11 is 0. The Morgan fingerprint density at radius 3 is 2.38 bits per heavy atom. The van der Waals surface area contributed by atoms with Gasteiger partial charge in [0, 0.05) is 6.42 Å². The predicted molar refractivity (Wildman–Crippen MR) is 32.6 cm³/mol. The van der Waals surface area contributed by atoms with Crippen molar-refractivity contribution in [1.29, 1.82) is 0 Å². The van der Waals surface area contributed by atoms with Crippen LogP contribution in [0.25, 0.3) is 0 Å². The molecule has 2 N–H and O–H groups in total. The van der Waals surface area contributed by atoms with Crippen LogP contribution >= 0.6 is 0 Å². The molecule has 0 fully saturated rings. The third-order valence-electron chi connectivity index (χ3n) is 0.717. The molecule has 0 spiro atoms. The van der Waals surface area contributed by atoms with Gasteiger partial charge in [0.05, 0.1) is 11.9 Å². The second-order valence-electron chi connectivity index (χ2n) is 1.57. The van der Waals surface area contributed by atoms with Crippen LogP contribution in [0.5, 0.6) is 0 Å². The number of rotatable bonds is 3. The Kier molecular flexibility index (Phi) is 2.96. The highest BCUT2D eigenvalue weighted by molar-refractivity contribution is 4.89. The first kappa shape index (κ1) is 7.24. The van der Waals surface area contributed by atoms with E-state index in [0.717, 1.165) is 0 Å². The second kappa shape index (κ2) is 3.27. The topological polar surface area (TPSA) is 40.5 Å². The Hall–Kier alpha value is -0.760. The third-order valence-corrected chi connectivity index (χ3v) is 0.717. The molecule has 0 aromatic heterocycles. The Labute approximate surface area is 48.8 Å². The van der Waals surface area contributed by atoms with Crippen LogP contribution in [0.3, 0.4) is 0 Å². The molecule has 46 valence electrons. The molecule has 0 saturated carbocycles. The summed E-state index contributed by atoms with van der Waals surface area (Å²) in [6.07, 6.45) is 0.873. The zero-order valence-electron chi connectivity index (χ0n) is 4.67. The summed E-state index contributed by atoms with van der Waals surface area (Å²) < 4.78 is 0. The van der Waals surface area contributed by atoms with E-state index >= 15 is 0 Å². The summed E-state index contributed by atoms with van der Waals surface area (Å²) in [4.78, 5) is 0. The number of aliphatic hydroxyl groups excluding tert-OH is 2. The highest BCUT2D eigenvalue weighted by Crippen LogP contribution is 1.98. The van der Waals surface area contributed by atoms with Gasteiger partial charge in [0.25, 0.3) is 0 Å². The highest BCUT2D eigenvalue weighted by atomic mass is 16.3. The lowest BCUT2D eigenvalue weighted by atomic mass is 10.2. The maximum atomic E-state index is 8.69. The van der Waals surface area contributed by atoms with Crippen LogP contribution in [0.15, 0.2) is 25.0 Å². The number of hydrogen-bond acceptors (Lipinski definition) is 2. The van der Waals surface area contributed by atoms with Crippen molar-refractivity contribution < 1.29 is 10.2 Å². The van der Waals surface area contributed by atoms with Crippen molar-refractivity contribution in [3.63, 3.8) is 0 Å². The van der Waals surface area contributed by atoms with E-state index in [1.807, 2.05) is 0 Å². The fourth-order valence-corrected chi connectivity index (χ4v) is 0.325. The number of aliphatic hydroxyl groups is 2. The lowest BCUT2D eigenvalue weighted by molar-refractivity contribution is 0.203. The molecule has 1 unspecified atom stereocenters. The van der Waals surface area contributed by atoms with Gasteiger partial charge < -0.3 is 10.2 Å². The molecule has 0 heterocycles. The summed E-state index contributed by atoms with van der Waals surface area (Å²) in [5, 5.41) is 17.1. The summed E-state index contributed by atoms with van der Waals surface area (Å²) in [6, 6.07) is 0. The smallest absolute Gasteiger partial charge is 0.0880 e. The fourth-order valence-electron chi connectivity index (χ4n) is 0.325. The highest BCUT2D eigenvalue weighted by Gasteiger charge is 1.97. The monoisotopic (exact) mass is 114 g/mol. The summed E-state index contributed by atoms with van der Waals surface area (Å²) in [6.45, 7) is 6.50. The molecule has 0 saturated heterocycles. The fraction of sp³-hybridized carbons (Fsp3) is 0.333. The zero-order chi connectivity index (χ0) is 6.57. The molecule has 2 nitrogen and oxygen atoms in total. The van der Waals surface area contributed by atoms with E-state index in [1.54, 1.807) is 0 Å². The molecular formula is C6H10O2. The van der Waals surface area contributed by atoms with E-state index in [0.29, 0.717) is 0 Å². The molecule has 0 aromatic carbocycles. The zero-order valence-corrected chi connectivity index (χ0v) is 4.67. The predicted octanol–water partition coefficient (Wildman–Crippen LogP) is 0.995. The van der Waals surface area contributed by atoms with E-state index in [-0.39, 0.29) is 12.2 Å². The lowest BCUT2D eigenvalue weighted by Gasteiger charge is -2.00. The minimum Gasteiger partial charge on any atom is -0.513 e. The van der Waals surface area contributed by atoms with Crippen LogP contribution in [-0.4, -0.2) is 16.3 Å². The molecule has 0 aliphatic heterocycles. The third kappa shape index (κ3) is 3.43.